The molecule has 0 radical (unpaired) electrons. The predicted octanol–water partition coefficient (Wildman–Crippen LogP) is 4.48. The van der Waals surface area contributed by atoms with E-state index in [2.05, 4.69) is 15.5 Å². The van der Waals surface area contributed by atoms with Gasteiger partial charge in [-0.05, 0) is 42.7 Å². The van der Waals surface area contributed by atoms with Crippen LogP contribution in [-0.4, -0.2) is 22.7 Å². The largest absolute Gasteiger partial charge is 0.376 e. The van der Waals surface area contributed by atoms with Gasteiger partial charge in [0.25, 0.3) is 5.89 Å². The molecule has 27 heavy (non-hydrogen) atoms. The third kappa shape index (κ3) is 3.95. The Kier molecular flexibility index (Phi) is 5.07. The fraction of sp³-hybridized carbons (Fsp3) is 0.211. The van der Waals surface area contributed by atoms with E-state index >= 15 is 0 Å². The molecule has 1 amide bonds. The molecule has 1 aliphatic heterocycles. The maximum atomic E-state index is 12.4. The van der Waals surface area contributed by atoms with Gasteiger partial charge in [0.05, 0.1) is 18.8 Å². The number of aryl methyl sites for hydroxylation is 1. The first kappa shape index (κ1) is 17.9. The van der Waals surface area contributed by atoms with Crippen molar-refractivity contribution in [1.82, 2.24) is 10.1 Å². The topological polar surface area (TPSA) is 77.2 Å². The van der Waals surface area contributed by atoms with E-state index in [4.69, 9.17) is 20.9 Å². The molecule has 0 atom stereocenters. The van der Waals surface area contributed by atoms with Crippen LogP contribution in [0.3, 0.4) is 0 Å². The Morgan fingerprint density at radius 2 is 2.15 bits per heavy atom. The maximum Gasteiger partial charge on any atom is 0.261 e. The van der Waals surface area contributed by atoms with Crippen molar-refractivity contribution in [2.45, 2.75) is 20.0 Å². The predicted molar refractivity (Wildman–Crippen MR) is 105 cm³/mol. The summed E-state index contributed by atoms with van der Waals surface area (Å²) >= 11 is 7.36. The molecular weight excluding hydrogens is 386 g/mol. The maximum absolute atomic E-state index is 12.4. The average Bonchev–Trinajstić information content (AvgIpc) is 3.24. The number of anilines is 1. The minimum Gasteiger partial charge on any atom is -0.376 e. The molecular formula is C19H16ClN3O3S. The highest BCUT2D eigenvalue weighted by Gasteiger charge is 2.26. The van der Waals surface area contributed by atoms with Crippen LogP contribution < -0.4 is 5.32 Å². The van der Waals surface area contributed by atoms with E-state index in [1.165, 1.54) is 17.4 Å². The van der Waals surface area contributed by atoms with Crippen molar-refractivity contribution in [2.75, 3.05) is 11.9 Å². The van der Waals surface area contributed by atoms with Crippen LogP contribution in [0.5, 0.6) is 0 Å². The SMILES string of the molecule is Cc1noc(-c2c(NC(=O)/C=C/c3ccc(Cl)cc3)sc3c2CCOC3)n1. The smallest absolute Gasteiger partial charge is 0.261 e. The van der Waals surface area contributed by atoms with Crippen LogP contribution in [0.15, 0.2) is 34.9 Å². The molecule has 3 heterocycles. The Morgan fingerprint density at radius 3 is 2.89 bits per heavy atom. The molecule has 0 unspecified atom stereocenters. The van der Waals surface area contributed by atoms with Crippen LogP contribution >= 0.6 is 22.9 Å². The summed E-state index contributed by atoms with van der Waals surface area (Å²) in [7, 11) is 0. The molecule has 2 aromatic heterocycles. The Morgan fingerprint density at radius 1 is 1.33 bits per heavy atom. The number of ether oxygens (including phenoxy) is 1. The third-order valence-electron chi connectivity index (χ3n) is 4.10. The van der Waals surface area contributed by atoms with Crippen LogP contribution in [0.4, 0.5) is 5.00 Å². The highest BCUT2D eigenvalue weighted by molar-refractivity contribution is 7.17. The van der Waals surface area contributed by atoms with Crippen molar-refractivity contribution in [3.8, 4) is 11.5 Å². The van der Waals surface area contributed by atoms with E-state index in [-0.39, 0.29) is 5.91 Å². The molecule has 4 rings (SSSR count). The van der Waals surface area contributed by atoms with Gasteiger partial charge in [0.1, 0.15) is 5.00 Å². The molecule has 138 valence electrons. The molecule has 6 nitrogen and oxygen atoms in total. The summed E-state index contributed by atoms with van der Waals surface area (Å²) in [4.78, 5) is 17.8. The van der Waals surface area contributed by atoms with Gasteiger partial charge in [-0.2, -0.15) is 4.98 Å². The number of hydrogen-bond acceptors (Lipinski definition) is 6. The first-order chi connectivity index (χ1) is 13.1. The monoisotopic (exact) mass is 401 g/mol. The molecule has 1 N–H and O–H groups in total. The molecule has 0 aliphatic carbocycles. The average molecular weight is 402 g/mol. The van der Waals surface area contributed by atoms with Gasteiger partial charge in [-0.3, -0.25) is 4.79 Å². The highest BCUT2D eigenvalue weighted by Crippen LogP contribution is 2.42. The van der Waals surface area contributed by atoms with Crippen LogP contribution in [0.2, 0.25) is 5.02 Å². The van der Waals surface area contributed by atoms with Crippen molar-refractivity contribution >= 4 is 39.9 Å². The van der Waals surface area contributed by atoms with Gasteiger partial charge in [-0.25, -0.2) is 0 Å². The fourth-order valence-corrected chi connectivity index (χ4v) is 4.15. The minimum absolute atomic E-state index is 0.234. The molecule has 8 heteroatoms. The Hall–Kier alpha value is -2.48. The number of thiophene rings is 1. The Labute approximate surface area is 164 Å². The van der Waals surface area contributed by atoms with E-state index in [9.17, 15) is 4.79 Å². The highest BCUT2D eigenvalue weighted by atomic mass is 35.5. The van der Waals surface area contributed by atoms with Gasteiger partial charge in [-0.1, -0.05) is 28.9 Å². The zero-order chi connectivity index (χ0) is 18.8. The second-order valence-electron chi connectivity index (χ2n) is 6.03. The number of amides is 1. The number of halogens is 1. The summed E-state index contributed by atoms with van der Waals surface area (Å²) in [5, 5.41) is 8.16. The second kappa shape index (κ2) is 7.64. The van der Waals surface area contributed by atoms with Crippen molar-refractivity contribution in [2.24, 2.45) is 0 Å². The second-order valence-corrected chi connectivity index (χ2v) is 7.57. The van der Waals surface area contributed by atoms with E-state index in [1.54, 1.807) is 25.1 Å². The molecule has 0 spiro atoms. The van der Waals surface area contributed by atoms with E-state index in [0.717, 1.165) is 28.0 Å². The van der Waals surface area contributed by atoms with Crippen LogP contribution in [0.1, 0.15) is 21.8 Å². The third-order valence-corrected chi connectivity index (χ3v) is 5.47. The van der Waals surface area contributed by atoms with Crippen molar-refractivity contribution in [3.63, 3.8) is 0 Å². The summed E-state index contributed by atoms with van der Waals surface area (Å²) in [6.07, 6.45) is 3.97. The number of carbonyl (C=O) groups is 1. The summed E-state index contributed by atoms with van der Waals surface area (Å²) in [6.45, 7) is 2.92. The zero-order valence-corrected chi connectivity index (χ0v) is 16.1. The number of nitrogens with zero attached hydrogens (tertiary/aromatic N) is 2. The molecule has 0 fully saturated rings. The molecule has 1 aromatic carbocycles. The van der Waals surface area contributed by atoms with E-state index in [0.29, 0.717) is 35.0 Å². The first-order valence-electron chi connectivity index (χ1n) is 8.38. The quantitative estimate of drug-likeness (QED) is 0.652. The lowest BCUT2D eigenvalue weighted by Crippen LogP contribution is -2.09. The molecule has 0 saturated carbocycles. The van der Waals surface area contributed by atoms with Crippen molar-refractivity contribution < 1.29 is 14.1 Å². The van der Waals surface area contributed by atoms with Crippen LogP contribution in [0, 0.1) is 6.92 Å². The molecule has 1 aliphatic rings. The van der Waals surface area contributed by atoms with Crippen LogP contribution in [0.25, 0.3) is 17.5 Å². The number of nitrogens with one attached hydrogen (secondary N) is 1. The fourth-order valence-electron chi connectivity index (χ4n) is 2.84. The molecule has 3 aromatic rings. The van der Waals surface area contributed by atoms with E-state index < -0.39 is 0 Å². The molecule has 0 saturated heterocycles. The van der Waals surface area contributed by atoms with Crippen molar-refractivity contribution in [3.05, 3.63) is 57.2 Å². The van der Waals surface area contributed by atoms with Gasteiger partial charge >= 0.3 is 0 Å². The Bertz CT molecular complexity index is 1010. The standard InChI is InChI=1S/C19H16ClN3O3S/c1-11-21-18(26-23-11)17-14-8-9-25-10-15(14)27-19(17)22-16(24)7-4-12-2-5-13(20)6-3-12/h2-7H,8-10H2,1H3,(H,22,24)/b7-4+. The van der Waals surface area contributed by atoms with Crippen LogP contribution in [-0.2, 0) is 22.6 Å². The number of hydrogen-bond donors (Lipinski definition) is 1. The summed E-state index contributed by atoms with van der Waals surface area (Å²) in [6, 6.07) is 7.25. The zero-order valence-electron chi connectivity index (χ0n) is 14.5. The molecule has 0 bridgehead atoms. The van der Waals surface area contributed by atoms with Gasteiger partial charge in [0.15, 0.2) is 5.82 Å². The summed E-state index contributed by atoms with van der Waals surface area (Å²) in [5.74, 6) is 0.739. The lowest BCUT2D eigenvalue weighted by Gasteiger charge is -2.12. The summed E-state index contributed by atoms with van der Waals surface area (Å²) in [5.41, 5.74) is 2.79. The number of benzene rings is 1. The van der Waals surface area contributed by atoms with Gasteiger partial charge in [0, 0.05) is 16.0 Å². The summed E-state index contributed by atoms with van der Waals surface area (Å²) < 4.78 is 10.9. The normalized spacial score (nSPS) is 13.7. The lowest BCUT2D eigenvalue weighted by molar-refractivity contribution is -0.111. The number of aromatic nitrogens is 2. The van der Waals surface area contributed by atoms with Gasteiger partial charge < -0.3 is 14.6 Å². The Balaban J connectivity index is 1.60. The number of rotatable bonds is 4. The number of fused-ring (bicyclic) bond motifs is 1. The minimum atomic E-state index is -0.234. The lowest BCUT2D eigenvalue weighted by atomic mass is 10.1. The number of carbonyl (C=O) groups excluding carboxylic acids is 1. The van der Waals surface area contributed by atoms with Crippen molar-refractivity contribution in [1.29, 1.82) is 0 Å². The van der Waals surface area contributed by atoms with E-state index in [1.807, 2.05) is 12.1 Å². The van der Waals surface area contributed by atoms with Gasteiger partial charge in [0.2, 0.25) is 5.91 Å². The first-order valence-corrected chi connectivity index (χ1v) is 9.57. The van der Waals surface area contributed by atoms with Gasteiger partial charge in [-0.15, -0.1) is 11.3 Å².